The molecule has 0 aliphatic carbocycles. The molecule has 3 heterocycles. The fraction of sp³-hybridized carbons (Fsp3) is 0.306. The summed E-state index contributed by atoms with van der Waals surface area (Å²) in [5, 5.41) is 22.3. The molecule has 1 aromatic heterocycles. The highest BCUT2D eigenvalue weighted by molar-refractivity contribution is 8.03. The van der Waals surface area contributed by atoms with Crippen molar-refractivity contribution in [2.24, 2.45) is 0 Å². The number of nitrogens with zero attached hydrogens (tertiary/aromatic N) is 4. The van der Waals surface area contributed by atoms with E-state index in [4.69, 9.17) is 4.74 Å². The molecule has 2 aliphatic heterocycles. The number of non-ortho nitro benzene ring substituents is 1. The number of allylic oxidation sites excluding steroid dienone is 1. The molecule has 6 rings (SSSR count). The maximum atomic E-state index is 14.0. The van der Waals surface area contributed by atoms with Crippen molar-refractivity contribution in [3.05, 3.63) is 115 Å². The number of anilines is 2. The van der Waals surface area contributed by atoms with Crippen LogP contribution >= 0.6 is 23.1 Å². The van der Waals surface area contributed by atoms with Gasteiger partial charge in [0.25, 0.3) is 5.69 Å². The number of aromatic carboxylic acids is 1. The summed E-state index contributed by atoms with van der Waals surface area (Å²) in [6.07, 6.45) is 2.32. The standard InChI is InChI=1S/C36H39N5O8S3Si/c1-53(2,3)19-18-49-23-40-29-12-4-5-13-31(29)50-33(40)21-30(42)27-11-6-8-24-15-17-39(22-28(24)27)36-38-34(35(43)44)32(51-36)14-16-37-52(47,48)26-10-7-9-25(20-26)41(45)46/h4-13,20-21,37H,14-19,22-23H2,1-3H3,(H,43,44)/b33-21+. The predicted molar refractivity (Wildman–Crippen MR) is 208 cm³/mol. The normalized spacial score (nSPS) is 15.0. The zero-order chi connectivity index (χ0) is 37.9. The number of ketones is 1. The number of hydrogen-bond acceptors (Lipinski definition) is 12. The van der Waals surface area contributed by atoms with Crippen LogP contribution < -0.4 is 14.5 Å². The third-order valence-electron chi connectivity index (χ3n) is 8.79. The number of rotatable bonds is 15. The molecule has 0 saturated heterocycles. The van der Waals surface area contributed by atoms with E-state index < -0.39 is 29.0 Å². The number of sulfonamides is 1. The number of thioether (sulfide) groups is 1. The third kappa shape index (κ3) is 9.05. The minimum Gasteiger partial charge on any atom is -0.476 e. The number of carbonyl (C=O) groups excluding carboxylic acids is 1. The Morgan fingerprint density at radius 2 is 1.89 bits per heavy atom. The zero-order valence-corrected chi connectivity index (χ0v) is 32.9. The van der Waals surface area contributed by atoms with Crippen molar-refractivity contribution >= 4 is 69.5 Å². The molecule has 0 unspecified atom stereocenters. The van der Waals surface area contributed by atoms with Crippen LogP contribution in [-0.2, 0) is 34.1 Å². The third-order valence-corrected chi connectivity index (χ3v) is 14.2. The van der Waals surface area contributed by atoms with Crippen LogP contribution in [0.15, 0.2) is 87.6 Å². The number of carboxylic acid groups (broad SMARTS) is 1. The van der Waals surface area contributed by atoms with Crippen LogP contribution in [-0.4, -0.2) is 69.7 Å². The van der Waals surface area contributed by atoms with E-state index in [1.165, 1.54) is 30.0 Å². The smallest absolute Gasteiger partial charge is 0.355 e. The van der Waals surface area contributed by atoms with Gasteiger partial charge >= 0.3 is 5.97 Å². The average molecular weight is 794 g/mol. The first kappa shape index (κ1) is 38.3. The Balaban J connectivity index is 1.18. The summed E-state index contributed by atoms with van der Waals surface area (Å²) in [6.45, 7) is 8.65. The second-order valence-electron chi connectivity index (χ2n) is 13.8. The maximum absolute atomic E-state index is 14.0. The van der Waals surface area contributed by atoms with Crippen LogP contribution in [0.3, 0.4) is 0 Å². The average Bonchev–Trinajstić information content (AvgIpc) is 3.70. The van der Waals surface area contributed by atoms with Crippen molar-refractivity contribution in [3.63, 3.8) is 0 Å². The van der Waals surface area contributed by atoms with E-state index in [1.807, 2.05) is 52.3 Å². The summed E-state index contributed by atoms with van der Waals surface area (Å²) in [6, 6.07) is 19.4. The number of ether oxygens (including phenoxy) is 1. The maximum Gasteiger partial charge on any atom is 0.355 e. The molecule has 3 aromatic carbocycles. The Hall–Kier alpha value is -4.39. The molecule has 0 saturated carbocycles. The second kappa shape index (κ2) is 15.9. The summed E-state index contributed by atoms with van der Waals surface area (Å²) in [5.41, 5.74) is 2.89. The Kier molecular flexibility index (Phi) is 11.5. The van der Waals surface area contributed by atoms with E-state index in [9.17, 15) is 33.2 Å². The number of benzene rings is 3. The molecular weight excluding hydrogens is 755 g/mol. The van der Waals surface area contributed by atoms with Crippen molar-refractivity contribution in [3.8, 4) is 0 Å². The lowest BCUT2D eigenvalue weighted by atomic mass is 9.93. The first-order valence-electron chi connectivity index (χ1n) is 16.9. The monoisotopic (exact) mass is 793 g/mol. The number of nitro benzene ring substituents is 1. The van der Waals surface area contributed by atoms with Gasteiger partial charge in [-0.25, -0.2) is 22.9 Å². The molecule has 13 nitrogen and oxygen atoms in total. The summed E-state index contributed by atoms with van der Waals surface area (Å²) >= 11 is 2.69. The topological polar surface area (TPSA) is 172 Å². The van der Waals surface area contributed by atoms with Crippen LogP contribution in [0, 0.1) is 10.1 Å². The zero-order valence-electron chi connectivity index (χ0n) is 29.4. The molecule has 0 radical (unpaired) electrons. The van der Waals surface area contributed by atoms with Gasteiger partial charge in [0.15, 0.2) is 16.6 Å². The van der Waals surface area contributed by atoms with Crippen LogP contribution in [0.25, 0.3) is 0 Å². The van der Waals surface area contributed by atoms with Crippen molar-refractivity contribution in [1.82, 2.24) is 9.71 Å². The summed E-state index contributed by atoms with van der Waals surface area (Å²) < 4.78 is 34.2. The number of hydrogen-bond donors (Lipinski definition) is 2. The number of para-hydroxylation sites is 1. The van der Waals surface area contributed by atoms with Gasteiger partial charge in [0.2, 0.25) is 10.0 Å². The molecule has 0 bridgehead atoms. The summed E-state index contributed by atoms with van der Waals surface area (Å²) in [5.74, 6) is -1.39. The number of nitro groups is 1. The van der Waals surface area contributed by atoms with E-state index in [-0.39, 0.29) is 35.0 Å². The quantitative estimate of drug-likeness (QED) is 0.0323. The molecule has 0 spiro atoms. The van der Waals surface area contributed by atoms with Gasteiger partial charge in [0, 0.05) is 67.9 Å². The van der Waals surface area contributed by atoms with Crippen LogP contribution in [0.5, 0.6) is 0 Å². The van der Waals surface area contributed by atoms with Gasteiger partial charge in [-0.3, -0.25) is 14.9 Å². The summed E-state index contributed by atoms with van der Waals surface area (Å²) in [4.78, 5) is 46.2. The van der Waals surface area contributed by atoms with Gasteiger partial charge in [-0.2, -0.15) is 0 Å². The van der Waals surface area contributed by atoms with Crippen molar-refractivity contribution in [1.29, 1.82) is 0 Å². The van der Waals surface area contributed by atoms with E-state index in [1.54, 1.807) is 6.08 Å². The number of carboxylic acids is 1. The van der Waals surface area contributed by atoms with Crippen molar-refractivity contribution in [2.75, 3.05) is 36.2 Å². The minimum absolute atomic E-state index is 0.0353. The van der Waals surface area contributed by atoms with E-state index >= 15 is 0 Å². The number of fused-ring (bicyclic) bond motifs is 2. The molecule has 17 heteroatoms. The number of thiazole rings is 1. The Labute approximate surface area is 316 Å². The second-order valence-corrected chi connectivity index (χ2v) is 23.3. The largest absolute Gasteiger partial charge is 0.476 e. The Morgan fingerprint density at radius 1 is 1.11 bits per heavy atom. The lowest BCUT2D eigenvalue weighted by Gasteiger charge is -2.29. The van der Waals surface area contributed by atoms with Gasteiger partial charge in [-0.15, -0.1) is 11.3 Å². The minimum atomic E-state index is -4.09. The van der Waals surface area contributed by atoms with Crippen LogP contribution in [0.2, 0.25) is 25.7 Å². The van der Waals surface area contributed by atoms with E-state index in [0.29, 0.717) is 48.4 Å². The molecule has 2 N–H and O–H groups in total. The molecule has 0 atom stereocenters. The Morgan fingerprint density at radius 3 is 2.64 bits per heavy atom. The molecule has 0 amide bonds. The molecule has 278 valence electrons. The van der Waals surface area contributed by atoms with Crippen LogP contribution in [0.4, 0.5) is 16.5 Å². The lowest BCUT2D eigenvalue weighted by molar-refractivity contribution is -0.385. The van der Waals surface area contributed by atoms with Gasteiger partial charge < -0.3 is 19.6 Å². The molecule has 0 fully saturated rings. The fourth-order valence-electron chi connectivity index (χ4n) is 5.95. The Bertz CT molecular complexity index is 2200. The van der Waals surface area contributed by atoms with Gasteiger partial charge in [-0.05, 0) is 48.2 Å². The van der Waals surface area contributed by atoms with Gasteiger partial charge in [0.05, 0.1) is 20.5 Å². The van der Waals surface area contributed by atoms with Gasteiger partial charge in [-0.1, -0.05) is 67.8 Å². The molecule has 53 heavy (non-hydrogen) atoms. The predicted octanol–water partition coefficient (Wildman–Crippen LogP) is 6.78. The fourth-order valence-corrected chi connectivity index (χ4v) is 9.94. The number of aromatic nitrogens is 1. The molecule has 2 aliphatic rings. The highest BCUT2D eigenvalue weighted by Gasteiger charge is 2.29. The first-order chi connectivity index (χ1) is 25.2. The first-order valence-corrected chi connectivity index (χ1v) is 23.7. The lowest BCUT2D eigenvalue weighted by Crippen LogP contribution is -2.31. The SMILES string of the molecule is C[Si](C)(C)CCOCN1/C(=C\C(=O)c2cccc3c2CN(c2nc(C(=O)O)c(CCNS(=O)(=O)c4cccc([N+](=O)[O-])c4)s2)CC3)Sc2ccccc21. The highest BCUT2D eigenvalue weighted by Crippen LogP contribution is 2.46. The highest BCUT2D eigenvalue weighted by atomic mass is 32.2. The van der Waals surface area contributed by atoms with Crippen LogP contribution in [0.1, 0.15) is 36.9 Å². The van der Waals surface area contributed by atoms with Gasteiger partial charge in [0.1, 0.15) is 6.73 Å². The summed E-state index contributed by atoms with van der Waals surface area (Å²) in [7, 11) is -5.36. The van der Waals surface area contributed by atoms with E-state index in [0.717, 1.165) is 50.2 Å². The molecular formula is C36H39N5O8S3Si. The van der Waals surface area contributed by atoms with Crippen molar-refractivity contribution in [2.45, 2.75) is 54.9 Å². The number of nitrogens with one attached hydrogen (secondary N) is 1. The number of carbonyl (C=O) groups is 2. The van der Waals surface area contributed by atoms with Crippen molar-refractivity contribution < 1.29 is 32.8 Å². The molecule has 4 aromatic rings. The van der Waals surface area contributed by atoms with E-state index in [2.05, 4.69) is 29.3 Å².